The van der Waals surface area contributed by atoms with Gasteiger partial charge in [-0.15, -0.1) is 22.7 Å². The normalized spacial score (nSPS) is 13.5. The van der Waals surface area contributed by atoms with Gasteiger partial charge in [0.15, 0.2) is 0 Å². The standard InChI is InChI=1S/C21H17NS3/c23-14-22-17-7-5-16(6-8-17)19-11-12-21(25-19)20-10-9-18(24-20)13-15-3-1-2-4-15/h3,5-12H,1-2,4,13H2. The lowest BCUT2D eigenvalue weighted by Gasteiger charge is -1.98. The van der Waals surface area contributed by atoms with Gasteiger partial charge in [0, 0.05) is 25.9 Å². The maximum atomic E-state index is 4.65. The molecule has 25 heavy (non-hydrogen) atoms. The average molecular weight is 380 g/mol. The third kappa shape index (κ3) is 3.88. The van der Waals surface area contributed by atoms with Gasteiger partial charge in [-0.05, 0) is 73.4 Å². The summed E-state index contributed by atoms with van der Waals surface area (Å²) >= 11 is 8.42. The first kappa shape index (κ1) is 16.6. The number of thiocarbonyl (C=S) groups is 1. The van der Waals surface area contributed by atoms with Crippen molar-refractivity contribution in [2.24, 2.45) is 4.99 Å². The van der Waals surface area contributed by atoms with Gasteiger partial charge in [0.25, 0.3) is 0 Å². The highest BCUT2D eigenvalue weighted by Crippen LogP contribution is 2.38. The van der Waals surface area contributed by atoms with Crippen LogP contribution in [0, 0.1) is 0 Å². The van der Waals surface area contributed by atoms with Crippen molar-refractivity contribution in [2.45, 2.75) is 25.7 Å². The molecule has 0 saturated heterocycles. The Kier molecular flexibility index (Phi) is 5.04. The molecule has 4 rings (SSSR count). The molecule has 3 aromatic rings. The van der Waals surface area contributed by atoms with Crippen LogP contribution in [-0.2, 0) is 6.42 Å². The van der Waals surface area contributed by atoms with Crippen molar-refractivity contribution in [1.29, 1.82) is 0 Å². The molecule has 2 heterocycles. The summed E-state index contributed by atoms with van der Waals surface area (Å²) in [6.07, 6.45) is 7.41. The molecule has 4 heteroatoms. The van der Waals surface area contributed by atoms with Crippen LogP contribution >= 0.6 is 34.9 Å². The molecule has 0 radical (unpaired) electrons. The van der Waals surface area contributed by atoms with Gasteiger partial charge in [-0.2, -0.15) is 4.99 Å². The molecular weight excluding hydrogens is 362 g/mol. The molecular formula is C21H17NS3. The fraction of sp³-hybridized carbons (Fsp3) is 0.190. The minimum Gasteiger partial charge on any atom is -0.195 e. The van der Waals surface area contributed by atoms with Crippen molar-refractivity contribution < 1.29 is 0 Å². The summed E-state index contributed by atoms with van der Waals surface area (Å²) < 4.78 is 0. The number of hydrogen-bond acceptors (Lipinski definition) is 4. The third-order valence-corrected chi connectivity index (χ3v) is 6.88. The Hall–Kier alpha value is -1.84. The van der Waals surface area contributed by atoms with Crippen LogP contribution in [0.25, 0.3) is 20.2 Å². The van der Waals surface area contributed by atoms with Crippen LogP contribution in [0.4, 0.5) is 5.69 Å². The van der Waals surface area contributed by atoms with E-state index in [9.17, 15) is 0 Å². The van der Waals surface area contributed by atoms with Crippen molar-refractivity contribution in [3.05, 3.63) is 65.1 Å². The first-order chi connectivity index (χ1) is 12.3. The van der Waals surface area contributed by atoms with E-state index in [2.05, 4.69) is 64.8 Å². The summed E-state index contributed by atoms with van der Waals surface area (Å²) in [4.78, 5) is 9.46. The van der Waals surface area contributed by atoms with E-state index in [-0.39, 0.29) is 0 Å². The predicted molar refractivity (Wildman–Crippen MR) is 113 cm³/mol. The Morgan fingerprint density at radius 2 is 1.68 bits per heavy atom. The number of aliphatic imine (C=N–C) groups is 1. The average Bonchev–Trinajstić information content (AvgIpc) is 3.38. The molecule has 0 N–H and O–H groups in total. The van der Waals surface area contributed by atoms with E-state index in [1.54, 1.807) is 5.57 Å². The maximum absolute atomic E-state index is 4.65. The molecule has 0 fully saturated rings. The Morgan fingerprint density at radius 1 is 0.920 bits per heavy atom. The van der Waals surface area contributed by atoms with Crippen LogP contribution in [0.15, 0.2) is 65.2 Å². The summed E-state index contributed by atoms with van der Waals surface area (Å²) in [5.41, 5.74) is 3.67. The molecule has 0 unspecified atom stereocenters. The second-order valence-corrected chi connectivity index (χ2v) is 8.55. The zero-order valence-electron chi connectivity index (χ0n) is 13.7. The zero-order valence-corrected chi connectivity index (χ0v) is 16.1. The number of allylic oxidation sites excluding steroid dienone is 2. The van der Waals surface area contributed by atoms with Gasteiger partial charge in [-0.25, -0.2) is 0 Å². The Morgan fingerprint density at radius 3 is 2.44 bits per heavy atom. The maximum Gasteiger partial charge on any atom is 0.0739 e. The second-order valence-electron chi connectivity index (χ2n) is 6.11. The van der Waals surface area contributed by atoms with Gasteiger partial charge in [-0.3, -0.25) is 0 Å². The molecule has 0 spiro atoms. The molecule has 0 atom stereocenters. The number of nitrogens with zero attached hydrogens (tertiary/aromatic N) is 1. The number of hydrogen-bond donors (Lipinski definition) is 0. The smallest absolute Gasteiger partial charge is 0.0739 e. The van der Waals surface area contributed by atoms with E-state index >= 15 is 0 Å². The molecule has 1 aromatic carbocycles. The third-order valence-electron chi connectivity index (χ3n) is 4.37. The topological polar surface area (TPSA) is 12.4 Å². The largest absolute Gasteiger partial charge is 0.195 e. The highest BCUT2D eigenvalue weighted by atomic mass is 32.1. The highest BCUT2D eigenvalue weighted by Gasteiger charge is 2.10. The van der Waals surface area contributed by atoms with Crippen molar-refractivity contribution in [2.75, 3.05) is 0 Å². The fourth-order valence-corrected chi connectivity index (χ4v) is 5.37. The van der Waals surface area contributed by atoms with Gasteiger partial charge in [0.1, 0.15) is 0 Å². The molecule has 124 valence electrons. The first-order valence-corrected chi connectivity index (χ1v) is 10.4. The van der Waals surface area contributed by atoms with Crippen LogP contribution in [0.3, 0.4) is 0 Å². The minimum atomic E-state index is 0.847. The lowest BCUT2D eigenvalue weighted by Crippen LogP contribution is -1.82. The van der Waals surface area contributed by atoms with Crippen LogP contribution < -0.4 is 0 Å². The van der Waals surface area contributed by atoms with Crippen LogP contribution in [0.2, 0.25) is 0 Å². The van der Waals surface area contributed by atoms with Crippen molar-refractivity contribution in [3.8, 4) is 20.2 Å². The summed E-state index contributed by atoms with van der Waals surface area (Å²) in [5, 5.41) is 2.41. The lowest BCUT2D eigenvalue weighted by molar-refractivity contribution is 0.890. The summed E-state index contributed by atoms with van der Waals surface area (Å²) in [6.45, 7) is 0. The van der Waals surface area contributed by atoms with Crippen LogP contribution in [-0.4, -0.2) is 5.16 Å². The van der Waals surface area contributed by atoms with Crippen molar-refractivity contribution in [3.63, 3.8) is 0 Å². The molecule has 0 aliphatic heterocycles. The minimum absolute atomic E-state index is 0.847. The van der Waals surface area contributed by atoms with E-state index in [4.69, 9.17) is 0 Å². The second kappa shape index (κ2) is 7.59. The van der Waals surface area contributed by atoms with E-state index in [0.717, 1.165) is 12.1 Å². The Bertz CT molecular complexity index is 953. The highest BCUT2D eigenvalue weighted by molar-refractivity contribution is 7.78. The predicted octanol–water partition coefficient (Wildman–Crippen LogP) is 7.53. The molecule has 1 aliphatic carbocycles. The molecule has 0 bridgehead atoms. The van der Waals surface area contributed by atoms with E-state index in [1.807, 2.05) is 34.8 Å². The van der Waals surface area contributed by atoms with Gasteiger partial charge in [0.2, 0.25) is 0 Å². The fourth-order valence-electron chi connectivity index (χ4n) is 3.11. The molecule has 0 saturated carbocycles. The molecule has 0 amide bonds. The zero-order chi connectivity index (χ0) is 17.1. The lowest BCUT2D eigenvalue weighted by atomic mass is 10.1. The van der Waals surface area contributed by atoms with Crippen molar-refractivity contribution in [1.82, 2.24) is 0 Å². The number of thiophene rings is 2. The molecule has 1 nitrogen and oxygen atoms in total. The number of isothiocyanates is 1. The summed E-state index contributed by atoms with van der Waals surface area (Å²) in [6, 6.07) is 17.1. The van der Waals surface area contributed by atoms with Gasteiger partial charge >= 0.3 is 0 Å². The number of benzene rings is 1. The molecule has 2 aromatic heterocycles. The molecule has 1 aliphatic rings. The van der Waals surface area contributed by atoms with Gasteiger partial charge in [0.05, 0.1) is 10.8 Å². The monoisotopic (exact) mass is 379 g/mol. The Balaban J connectivity index is 1.52. The summed E-state index contributed by atoms with van der Waals surface area (Å²) in [7, 11) is 0. The number of rotatable bonds is 5. The SMILES string of the molecule is S=C=Nc1ccc(-c2ccc(-c3ccc(CC4=CCCC4)s3)s2)cc1. The summed E-state index contributed by atoms with van der Waals surface area (Å²) in [5.74, 6) is 0. The quantitative estimate of drug-likeness (QED) is 0.253. The van der Waals surface area contributed by atoms with Crippen LogP contribution in [0.5, 0.6) is 0 Å². The Labute approximate surface area is 161 Å². The van der Waals surface area contributed by atoms with Crippen LogP contribution in [0.1, 0.15) is 24.1 Å². The van der Waals surface area contributed by atoms with E-state index in [1.165, 1.54) is 44.3 Å². The van der Waals surface area contributed by atoms with Gasteiger partial charge < -0.3 is 0 Å². The first-order valence-electron chi connectivity index (χ1n) is 8.37. The van der Waals surface area contributed by atoms with E-state index < -0.39 is 0 Å². The van der Waals surface area contributed by atoms with Crippen molar-refractivity contribution >= 4 is 45.7 Å². The van der Waals surface area contributed by atoms with Gasteiger partial charge in [-0.1, -0.05) is 23.8 Å². The van der Waals surface area contributed by atoms with E-state index in [0.29, 0.717) is 0 Å².